The summed E-state index contributed by atoms with van der Waals surface area (Å²) in [6, 6.07) is -1.29. The highest BCUT2D eigenvalue weighted by atomic mass is 16.4. The van der Waals surface area contributed by atoms with Crippen LogP contribution in [0.1, 0.15) is 190 Å². The smallest absolute Gasteiger partial charge is 0.326 e. The van der Waals surface area contributed by atoms with Crippen molar-refractivity contribution < 1.29 is 24.3 Å². The Bertz CT molecular complexity index is 840. The number of aliphatic carboxylic acids is 1. The molecule has 0 radical (unpaired) electrons. The molecule has 4 N–H and O–H groups in total. The number of hydrogen-bond acceptors (Lipinski definition) is 5. The van der Waals surface area contributed by atoms with E-state index in [1.807, 2.05) is 20.8 Å². The van der Waals surface area contributed by atoms with Crippen LogP contribution in [-0.4, -0.2) is 52.8 Å². The van der Waals surface area contributed by atoms with Gasteiger partial charge < -0.3 is 21.1 Å². The van der Waals surface area contributed by atoms with E-state index in [4.69, 9.17) is 0 Å². The fraction of sp³-hybridized carbons (Fsp3) is 0.895. The molecule has 8 nitrogen and oxygen atoms in total. The normalized spacial score (nSPS) is 13.3. The largest absolute Gasteiger partial charge is 0.480 e. The maximum atomic E-state index is 13.3. The molecule has 0 rings (SSSR count). The number of nitrogens with one attached hydrogen (secondary N) is 3. The Kier molecular flexibility index (Phi) is 24.9. The molecule has 46 heavy (non-hydrogen) atoms. The van der Waals surface area contributed by atoms with E-state index in [1.165, 1.54) is 64.2 Å². The number of carbonyl (C=O) groups excluding carboxylic acids is 3. The predicted octanol–water partition coefficient (Wildman–Crippen LogP) is 8.65. The highest BCUT2D eigenvalue weighted by Crippen LogP contribution is 2.26. The molecule has 0 bridgehead atoms. The highest BCUT2D eigenvalue weighted by Gasteiger charge is 2.35. The minimum Gasteiger partial charge on any atom is -0.480 e. The lowest BCUT2D eigenvalue weighted by Crippen LogP contribution is -2.53. The van der Waals surface area contributed by atoms with Crippen LogP contribution in [0.3, 0.4) is 0 Å². The van der Waals surface area contributed by atoms with E-state index in [2.05, 4.69) is 43.6 Å². The van der Waals surface area contributed by atoms with Crippen molar-refractivity contribution in [2.75, 3.05) is 6.54 Å². The molecule has 270 valence electrons. The fourth-order valence-corrected chi connectivity index (χ4v) is 5.68. The molecular weight excluding hydrogens is 578 g/mol. The van der Waals surface area contributed by atoms with Gasteiger partial charge in [-0.1, -0.05) is 119 Å². The number of amides is 2. The Labute approximate surface area is 282 Å². The molecule has 2 unspecified atom stereocenters. The number of Topliss-reactive ketones (excluding diaryl/α,β-unsaturated/α-hetero) is 1. The van der Waals surface area contributed by atoms with Crippen molar-refractivity contribution in [3.63, 3.8) is 0 Å². The van der Waals surface area contributed by atoms with Crippen molar-refractivity contribution in [2.45, 2.75) is 207 Å². The zero-order chi connectivity index (χ0) is 34.8. The molecule has 0 aromatic heterocycles. The topological polar surface area (TPSA) is 125 Å². The number of unbranched alkanes of at least 4 members (excludes halogenated alkanes) is 13. The average Bonchev–Trinajstić information content (AvgIpc) is 3.03. The second-order valence-electron chi connectivity index (χ2n) is 14.4. The van der Waals surface area contributed by atoms with Crippen LogP contribution in [-0.2, 0) is 19.2 Å². The maximum Gasteiger partial charge on any atom is 0.326 e. The van der Waals surface area contributed by atoms with E-state index in [-0.39, 0.29) is 42.0 Å². The summed E-state index contributed by atoms with van der Waals surface area (Å²) in [6.45, 7) is 15.2. The zero-order valence-electron chi connectivity index (χ0n) is 31.0. The average molecular weight is 652 g/mol. The van der Waals surface area contributed by atoms with Gasteiger partial charge >= 0.3 is 5.97 Å². The van der Waals surface area contributed by atoms with Gasteiger partial charge in [0.05, 0.1) is 6.04 Å². The third-order valence-corrected chi connectivity index (χ3v) is 9.99. The molecule has 0 saturated carbocycles. The van der Waals surface area contributed by atoms with Crippen LogP contribution >= 0.6 is 0 Å². The molecule has 0 aromatic carbocycles. The maximum absolute atomic E-state index is 13.3. The quantitative estimate of drug-likeness (QED) is 0.0556. The van der Waals surface area contributed by atoms with E-state index in [0.29, 0.717) is 19.4 Å². The summed E-state index contributed by atoms with van der Waals surface area (Å²) in [5.74, 6) is -1.36. The molecule has 0 spiro atoms. The second kappa shape index (κ2) is 26.0. The molecule has 0 aromatic rings. The van der Waals surface area contributed by atoms with E-state index in [1.54, 1.807) is 0 Å². The lowest BCUT2D eigenvalue weighted by atomic mass is 9.79. The molecule has 0 saturated heterocycles. The first-order valence-electron chi connectivity index (χ1n) is 19.0. The van der Waals surface area contributed by atoms with Gasteiger partial charge in [-0.25, -0.2) is 4.79 Å². The van der Waals surface area contributed by atoms with Crippen molar-refractivity contribution in [1.82, 2.24) is 16.0 Å². The minimum absolute atomic E-state index is 0.0364. The van der Waals surface area contributed by atoms with E-state index in [0.717, 1.165) is 51.4 Å². The number of carbonyl (C=O) groups is 4. The van der Waals surface area contributed by atoms with Crippen molar-refractivity contribution in [2.24, 2.45) is 5.41 Å². The first-order valence-corrected chi connectivity index (χ1v) is 19.0. The third kappa shape index (κ3) is 21.0. The van der Waals surface area contributed by atoms with E-state index in [9.17, 15) is 24.3 Å². The summed E-state index contributed by atoms with van der Waals surface area (Å²) in [5.41, 5.74) is -0.488. The molecule has 0 aliphatic carbocycles. The number of carboxylic acid groups (broad SMARTS) is 1. The first kappa shape index (κ1) is 44.0. The van der Waals surface area contributed by atoms with Crippen LogP contribution in [0.5, 0.6) is 0 Å². The summed E-state index contributed by atoms with van der Waals surface area (Å²) >= 11 is 0. The monoisotopic (exact) mass is 652 g/mol. The van der Waals surface area contributed by atoms with Gasteiger partial charge in [0.25, 0.3) is 0 Å². The number of hydrogen-bond donors (Lipinski definition) is 4. The van der Waals surface area contributed by atoms with Crippen molar-refractivity contribution >= 4 is 23.6 Å². The van der Waals surface area contributed by atoms with Gasteiger partial charge in [-0.2, -0.15) is 0 Å². The Balaban J connectivity index is 4.28. The molecule has 0 aliphatic heterocycles. The summed E-state index contributed by atoms with van der Waals surface area (Å²) in [6.07, 6.45) is 21.3. The fourth-order valence-electron chi connectivity index (χ4n) is 5.68. The van der Waals surface area contributed by atoms with Gasteiger partial charge in [0.2, 0.25) is 11.8 Å². The summed E-state index contributed by atoms with van der Waals surface area (Å²) in [5, 5.41) is 18.7. The van der Waals surface area contributed by atoms with Gasteiger partial charge in [0, 0.05) is 30.3 Å². The first-order chi connectivity index (χ1) is 21.9. The minimum atomic E-state index is -1.11. The molecule has 0 aliphatic rings. The zero-order valence-corrected chi connectivity index (χ0v) is 31.0. The van der Waals surface area contributed by atoms with Crippen LogP contribution in [0, 0.1) is 5.41 Å². The van der Waals surface area contributed by atoms with Gasteiger partial charge in [-0.3, -0.25) is 14.4 Å². The molecule has 0 heterocycles. The van der Waals surface area contributed by atoms with E-state index < -0.39 is 17.4 Å². The molecule has 2 atom stereocenters. The van der Waals surface area contributed by atoms with Crippen LogP contribution in [0.2, 0.25) is 0 Å². The Morgan fingerprint density at radius 3 is 1.59 bits per heavy atom. The molecule has 8 heteroatoms. The van der Waals surface area contributed by atoms with E-state index >= 15 is 0 Å². The third-order valence-electron chi connectivity index (χ3n) is 9.99. The Morgan fingerprint density at radius 2 is 1.11 bits per heavy atom. The lowest BCUT2D eigenvalue weighted by Gasteiger charge is -2.36. The van der Waals surface area contributed by atoms with Crippen LogP contribution < -0.4 is 16.0 Å². The van der Waals surface area contributed by atoms with Crippen molar-refractivity contribution in [3.8, 4) is 0 Å². The Hall–Kier alpha value is -1.96. The van der Waals surface area contributed by atoms with Crippen LogP contribution in [0.25, 0.3) is 0 Å². The summed E-state index contributed by atoms with van der Waals surface area (Å²) in [4.78, 5) is 49.8. The number of rotatable bonds is 31. The van der Waals surface area contributed by atoms with Gasteiger partial charge in [-0.15, -0.1) is 0 Å². The van der Waals surface area contributed by atoms with Crippen molar-refractivity contribution in [1.29, 1.82) is 0 Å². The molecule has 2 amide bonds. The number of carboxylic acids is 1. The molecule has 0 fully saturated rings. The Morgan fingerprint density at radius 1 is 0.587 bits per heavy atom. The summed E-state index contributed by atoms with van der Waals surface area (Å²) < 4.78 is 0. The highest BCUT2D eigenvalue weighted by molar-refractivity contribution is 5.89. The number of ketones is 1. The predicted molar refractivity (Wildman–Crippen MR) is 191 cm³/mol. The van der Waals surface area contributed by atoms with Crippen LogP contribution in [0.4, 0.5) is 0 Å². The molecular formula is C38H73N3O5. The SMILES string of the molecule is CCCCCCCCCCCCCCCC(=O)NC(CCC(=O)NCCCCC(NC(C)(CC)CC)C(=O)C(C)(C)CC)C(=O)O. The standard InChI is InChI=1S/C38H73N3O5/c1-8-12-13-14-15-16-17-18-19-20-21-22-23-27-34(43)40-32(36(45)46)28-29-33(42)39-30-25-24-26-31(35(44)37(5,6)9-2)41-38(7,10-3)11-4/h31-32,41H,8-30H2,1-7H3,(H,39,42)(H,40,43)(H,45,46). The van der Waals surface area contributed by atoms with Gasteiger partial charge in [-0.05, 0) is 58.3 Å². The summed E-state index contributed by atoms with van der Waals surface area (Å²) in [7, 11) is 0. The van der Waals surface area contributed by atoms with Gasteiger partial charge in [0.15, 0.2) is 5.78 Å². The lowest BCUT2D eigenvalue weighted by molar-refractivity contribution is -0.142. The van der Waals surface area contributed by atoms with Crippen molar-refractivity contribution in [3.05, 3.63) is 0 Å². The second-order valence-corrected chi connectivity index (χ2v) is 14.4. The van der Waals surface area contributed by atoms with Crippen LogP contribution in [0.15, 0.2) is 0 Å². The van der Waals surface area contributed by atoms with Gasteiger partial charge in [0.1, 0.15) is 6.04 Å².